The van der Waals surface area contributed by atoms with Gasteiger partial charge < -0.3 is 9.13 Å². The van der Waals surface area contributed by atoms with Crippen molar-refractivity contribution in [1.29, 1.82) is 0 Å². The molecule has 2 aromatic heterocycles. The average Bonchev–Trinajstić information content (AvgIpc) is 3.80. The summed E-state index contributed by atoms with van der Waals surface area (Å²) in [5.41, 5.74) is 14.6. The fraction of sp³-hybridized carbons (Fsp3) is 0.0357. The van der Waals surface area contributed by atoms with Crippen LogP contribution in [-0.2, 0) is 0 Å². The van der Waals surface area contributed by atoms with Crippen molar-refractivity contribution in [3.05, 3.63) is 175 Å². The van der Waals surface area contributed by atoms with E-state index in [-0.39, 0.29) is 6.71 Å². The lowest BCUT2D eigenvalue weighted by Crippen LogP contribution is -2.59. The Morgan fingerprint density at radius 2 is 0.814 bits per heavy atom. The number of rotatable bonds is 0. The molecule has 0 bridgehead atoms. The second-order valence-electron chi connectivity index (χ2n) is 17.3. The molecule has 2 aliphatic rings. The molecule has 270 valence electrons. The lowest BCUT2D eigenvalue weighted by atomic mass is 9.34. The van der Waals surface area contributed by atoms with Crippen LogP contribution in [0.4, 0.5) is 0 Å². The zero-order valence-corrected chi connectivity index (χ0v) is 32.6. The van der Waals surface area contributed by atoms with Crippen molar-refractivity contribution in [1.82, 2.24) is 9.13 Å². The van der Waals surface area contributed by atoms with Crippen LogP contribution in [0.25, 0.3) is 120 Å². The van der Waals surface area contributed by atoms with Gasteiger partial charge in [0.05, 0.1) is 16.6 Å². The molecule has 59 heavy (non-hydrogen) atoms. The van der Waals surface area contributed by atoms with E-state index in [4.69, 9.17) is 0 Å². The lowest BCUT2D eigenvalue weighted by molar-refractivity contribution is 1.14. The van der Waals surface area contributed by atoms with E-state index in [2.05, 4.69) is 187 Å². The van der Waals surface area contributed by atoms with Gasteiger partial charge in [-0.3, -0.25) is 0 Å². The van der Waals surface area contributed by atoms with E-state index < -0.39 is 0 Å². The number of fused-ring (bicyclic) bond motifs is 24. The second-order valence-corrected chi connectivity index (χ2v) is 17.3. The summed E-state index contributed by atoms with van der Waals surface area (Å²) in [5, 5.41) is 21.2. The zero-order chi connectivity index (χ0) is 38.4. The van der Waals surface area contributed by atoms with E-state index in [0.29, 0.717) is 0 Å². The van der Waals surface area contributed by atoms with Gasteiger partial charge in [0.1, 0.15) is 0 Å². The highest BCUT2D eigenvalue weighted by Gasteiger charge is 2.42. The predicted molar refractivity (Wildman–Crippen MR) is 254 cm³/mol. The quantitative estimate of drug-likeness (QED) is 0.108. The fourth-order valence-corrected chi connectivity index (χ4v) is 12.2. The smallest absolute Gasteiger partial charge is 0.252 e. The third-order valence-corrected chi connectivity index (χ3v) is 14.3. The van der Waals surface area contributed by atoms with E-state index in [1.54, 1.807) is 0 Å². The number of benzene rings is 11. The van der Waals surface area contributed by atoms with Gasteiger partial charge in [-0.05, 0) is 120 Å². The zero-order valence-electron chi connectivity index (χ0n) is 32.6. The van der Waals surface area contributed by atoms with Crippen molar-refractivity contribution >= 4 is 131 Å². The van der Waals surface area contributed by atoms with Crippen LogP contribution < -0.4 is 16.4 Å². The first kappa shape index (κ1) is 30.7. The van der Waals surface area contributed by atoms with Crippen LogP contribution in [0.2, 0.25) is 0 Å². The Morgan fingerprint density at radius 3 is 1.46 bits per heavy atom. The predicted octanol–water partition coefficient (Wildman–Crippen LogP) is 12.6. The van der Waals surface area contributed by atoms with Crippen LogP contribution in [-0.4, -0.2) is 15.8 Å². The number of hydrogen-bond acceptors (Lipinski definition) is 0. The van der Waals surface area contributed by atoms with Gasteiger partial charge in [-0.25, -0.2) is 0 Å². The topological polar surface area (TPSA) is 9.86 Å². The summed E-state index contributed by atoms with van der Waals surface area (Å²) >= 11 is 0. The maximum Gasteiger partial charge on any atom is 0.252 e. The van der Waals surface area contributed by atoms with Crippen molar-refractivity contribution in [2.24, 2.45) is 0 Å². The van der Waals surface area contributed by atoms with Gasteiger partial charge >= 0.3 is 0 Å². The van der Waals surface area contributed by atoms with Gasteiger partial charge in [0.15, 0.2) is 0 Å². The SMILES string of the molecule is Cc1ccc2c(c1)c1cc(C)cc3c1n2-c1cccc2c1B3c1cc3c4ccccc4c4ccccc4c3c3c4c5c6ccccc6c6ccccc6c5ccc4n-2c13. The molecule has 0 fully saturated rings. The van der Waals surface area contributed by atoms with Gasteiger partial charge in [0.2, 0.25) is 0 Å². The van der Waals surface area contributed by atoms with E-state index >= 15 is 0 Å². The molecule has 0 spiro atoms. The molecule has 4 heterocycles. The Kier molecular flexibility index (Phi) is 5.41. The van der Waals surface area contributed by atoms with Gasteiger partial charge in [0.25, 0.3) is 6.71 Å². The fourth-order valence-electron chi connectivity index (χ4n) is 12.2. The molecule has 2 aliphatic heterocycles. The first-order valence-corrected chi connectivity index (χ1v) is 20.9. The Hall–Kier alpha value is -7.36. The molecule has 11 aromatic carbocycles. The summed E-state index contributed by atoms with van der Waals surface area (Å²) in [6.07, 6.45) is 0. The number of aromatic nitrogens is 2. The minimum atomic E-state index is 0.0549. The van der Waals surface area contributed by atoms with Crippen molar-refractivity contribution in [2.45, 2.75) is 13.8 Å². The molecule has 0 amide bonds. The highest BCUT2D eigenvalue weighted by molar-refractivity contribution is 7.00. The van der Waals surface area contributed by atoms with E-state index in [1.807, 2.05) is 0 Å². The average molecular weight is 745 g/mol. The monoisotopic (exact) mass is 744 g/mol. The molecule has 0 radical (unpaired) electrons. The van der Waals surface area contributed by atoms with Crippen molar-refractivity contribution in [3.63, 3.8) is 0 Å². The number of hydrogen-bond donors (Lipinski definition) is 0. The van der Waals surface area contributed by atoms with Crippen molar-refractivity contribution < 1.29 is 0 Å². The molecule has 3 heteroatoms. The van der Waals surface area contributed by atoms with Crippen LogP contribution in [0.3, 0.4) is 0 Å². The molecular weight excluding hydrogens is 711 g/mol. The minimum absolute atomic E-state index is 0.0549. The summed E-state index contributed by atoms with van der Waals surface area (Å²) in [6.45, 7) is 4.56. The minimum Gasteiger partial charge on any atom is -0.310 e. The summed E-state index contributed by atoms with van der Waals surface area (Å²) < 4.78 is 5.25. The van der Waals surface area contributed by atoms with E-state index in [0.717, 1.165) is 0 Å². The first-order valence-electron chi connectivity index (χ1n) is 20.9. The lowest BCUT2D eigenvalue weighted by Gasteiger charge is -2.34. The first-order chi connectivity index (χ1) is 29.1. The highest BCUT2D eigenvalue weighted by atomic mass is 15.0. The highest BCUT2D eigenvalue weighted by Crippen LogP contribution is 2.49. The van der Waals surface area contributed by atoms with Crippen LogP contribution in [0.5, 0.6) is 0 Å². The molecule has 0 N–H and O–H groups in total. The van der Waals surface area contributed by atoms with Gasteiger partial charge in [-0.2, -0.15) is 0 Å². The Labute approximate surface area is 339 Å². The van der Waals surface area contributed by atoms with Gasteiger partial charge in [-0.15, -0.1) is 0 Å². The largest absolute Gasteiger partial charge is 0.310 e. The summed E-state index contributed by atoms with van der Waals surface area (Å²) in [6, 6.07) is 62.8. The van der Waals surface area contributed by atoms with Gasteiger partial charge in [0, 0.05) is 49.2 Å². The van der Waals surface area contributed by atoms with Gasteiger partial charge in [-0.1, -0.05) is 139 Å². The second kappa shape index (κ2) is 10.4. The number of aryl methyl sites for hydroxylation is 2. The molecule has 0 saturated heterocycles. The normalized spacial score (nSPS) is 13.2. The molecular formula is C56H33BN2. The van der Waals surface area contributed by atoms with Crippen LogP contribution in [0.1, 0.15) is 11.1 Å². The summed E-state index contributed by atoms with van der Waals surface area (Å²) in [7, 11) is 0. The number of nitrogens with zero attached hydrogens (tertiary/aromatic N) is 2. The standard InChI is InChI=1S/C56H33BN2/c1-30-22-24-46-41(26-30)43-27-31(2)28-44-55(43)58(46)48-20-11-21-49-54(48)57(44)45-29-42-37-17-6-4-13-33(37)35-15-8-10-19-39(35)51(42)53-52-47(59(49)56(45)53)25-23-40-36-16-5-3-12-32(36)34-14-7-9-18-38(34)50(40)52/h3-29H,1-2H3. The third kappa shape index (κ3) is 3.52. The Balaban J connectivity index is 1.27. The van der Waals surface area contributed by atoms with E-state index in [1.165, 1.54) is 147 Å². The summed E-state index contributed by atoms with van der Waals surface area (Å²) in [5.74, 6) is 0. The third-order valence-electron chi connectivity index (χ3n) is 14.3. The molecule has 0 atom stereocenters. The Morgan fingerprint density at radius 1 is 0.322 bits per heavy atom. The van der Waals surface area contributed by atoms with Crippen LogP contribution in [0, 0.1) is 13.8 Å². The van der Waals surface area contributed by atoms with E-state index in [9.17, 15) is 0 Å². The van der Waals surface area contributed by atoms with Crippen LogP contribution in [0.15, 0.2) is 164 Å². The molecule has 13 aromatic rings. The molecule has 0 unspecified atom stereocenters. The van der Waals surface area contributed by atoms with Crippen molar-refractivity contribution in [2.75, 3.05) is 0 Å². The molecule has 0 aliphatic carbocycles. The molecule has 0 saturated carbocycles. The molecule has 15 rings (SSSR count). The summed E-state index contributed by atoms with van der Waals surface area (Å²) in [4.78, 5) is 0. The van der Waals surface area contributed by atoms with Crippen LogP contribution >= 0.6 is 0 Å². The van der Waals surface area contributed by atoms with Crippen molar-refractivity contribution in [3.8, 4) is 11.4 Å². The maximum atomic E-state index is 2.66. The molecule has 2 nitrogen and oxygen atoms in total. The Bertz CT molecular complexity index is 4130. The maximum absolute atomic E-state index is 2.66.